The van der Waals surface area contributed by atoms with Crippen LogP contribution in [0.1, 0.15) is 25.8 Å². The maximum atomic E-state index is 13.7. The van der Waals surface area contributed by atoms with Crippen LogP contribution in [0.2, 0.25) is 0 Å². The molecule has 0 saturated carbocycles. The molecule has 0 aliphatic heterocycles. The molecule has 3 rings (SSSR count). The van der Waals surface area contributed by atoms with Gasteiger partial charge in [-0.3, -0.25) is 9.10 Å². The van der Waals surface area contributed by atoms with Gasteiger partial charge < -0.3 is 14.8 Å². The Morgan fingerprint density at radius 1 is 0.892 bits per heavy atom. The Morgan fingerprint density at radius 2 is 1.51 bits per heavy atom. The fourth-order valence-electron chi connectivity index (χ4n) is 3.81. The van der Waals surface area contributed by atoms with Crippen molar-refractivity contribution in [3.05, 3.63) is 78.4 Å². The first-order chi connectivity index (χ1) is 17.9. The van der Waals surface area contributed by atoms with Gasteiger partial charge >= 0.3 is 0 Å². The number of carbonyl (C=O) groups is 1. The SMILES string of the molecule is CCOc1ccccc1CCCNC(=O)CN(c1ccccc1OCC)S(=O)(=O)c1ccc(SC)cc1. The Labute approximate surface area is 224 Å². The van der Waals surface area contributed by atoms with Crippen LogP contribution in [-0.4, -0.2) is 46.9 Å². The smallest absolute Gasteiger partial charge is 0.264 e. The molecule has 1 amide bonds. The van der Waals surface area contributed by atoms with Gasteiger partial charge in [0.2, 0.25) is 5.91 Å². The van der Waals surface area contributed by atoms with Gasteiger partial charge in [0.05, 0.1) is 23.8 Å². The molecule has 0 aromatic heterocycles. The predicted octanol–water partition coefficient (Wildman–Crippen LogP) is 5.15. The van der Waals surface area contributed by atoms with Crippen molar-refractivity contribution in [2.24, 2.45) is 0 Å². The summed E-state index contributed by atoms with van der Waals surface area (Å²) in [6.07, 6.45) is 3.34. The molecule has 0 aliphatic rings. The molecule has 198 valence electrons. The lowest BCUT2D eigenvalue weighted by atomic mass is 10.1. The largest absolute Gasteiger partial charge is 0.494 e. The van der Waals surface area contributed by atoms with Gasteiger partial charge in [-0.1, -0.05) is 30.3 Å². The van der Waals surface area contributed by atoms with E-state index in [4.69, 9.17) is 9.47 Å². The lowest BCUT2D eigenvalue weighted by Gasteiger charge is -2.26. The van der Waals surface area contributed by atoms with Crippen LogP contribution in [0, 0.1) is 0 Å². The number of thioether (sulfide) groups is 1. The number of aryl methyl sites for hydroxylation is 1. The summed E-state index contributed by atoms with van der Waals surface area (Å²) < 4.78 is 39.9. The zero-order valence-electron chi connectivity index (χ0n) is 21.5. The van der Waals surface area contributed by atoms with Crippen molar-refractivity contribution in [3.8, 4) is 11.5 Å². The molecule has 1 N–H and O–H groups in total. The molecule has 0 spiro atoms. The Hall–Kier alpha value is -3.17. The van der Waals surface area contributed by atoms with E-state index >= 15 is 0 Å². The number of para-hydroxylation sites is 3. The summed E-state index contributed by atoms with van der Waals surface area (Å²) in [6, 6.07) is 21.3. The minimum Gasteiger partial charge on any atom is -0.494 e. The number of anilines is 1. The molecule has 0 unspecified atom stereocenters. The van der Waals surface area contributed by atoms with Crippen molar-refractivity contribution in [2.75, 3.05) is 36.9 Å². The highest BCUT2D eigenvalue weighted by molar-refractivity contribution is 7.98. The number of nitrogens with zero attached hydrogens (tertiary/aromatic N) is 1. The second-order valence-electron chi connectivity index (χ2n) is 8.08. The molecule has 37 heavy (non-hydrogen) atoms. The molecule has 0 saturated heterocycles. The van der Waals surface area contributed by atoms with E-state index in [1.807, 2.05) is 44.4 Å². The van der Waals surface area contributed by atoms with Crippen molar-refractivity contribution in [2.45, 2.75) is 36.5 Å². The lowest BCUT2D eigenvalue weighted by molar-refractivity contribution is -0.119. The molecule has 0 radical (unpaired) electrons. The van der Waals surface area contributed by atoms with Gasteiger partial charge in [-0.15, -0.1) is 11.8 Å². The van der Waals surface area contributed by atoms with Gasteiger partial charge in [-0.05, 0) is 81.0 Å². The first-order valence-electron chi connectivity index (χ1n) is 12.3. The number of hydrogen-bond acceptors (Lipinski definition) is 6. The molecule has 3 aromatic carbocycles. The van der Waals surface area contributed by atoms with Gasteiger partial charge in [-0.2, -0.15) is 0 Å². The minimum atomic E-state index is -4.03. The number of sulfonamides is 1. The summed E-state index contributed by atoms with van der Waals surface area (Å²) in [5, 5.41) is 2.87. The summed E-state index contributed by atoms with van der Waals surface area (Å²) in [6.45, 7) is 4.75. The average Bonchev–Trinajstić information content (AvgIpc) is 2.91. The third-order valence-electron chi connectivity index (χ3n) is 5.59. The van der Waals surface area contributed by atoms with E-state index in [-0.39, 0.29) is 11.4 Å². The Kier molecular flexibility index (Phi) is 10.7. The third kappa shape index (κ3) is 7.66. The van der Waals surface area contributed by atoms with Crippen molar-refractivity contribution in [3.63, 3.8) is 0 Å². The number of rotatable bonds is 14. The highest BCUT2D eigenvalue weighted by Crippen LogP contribution is 2.33. The van der Waals surface area contributed by atoms with Crippen molar-refractivity contribution in [1.82, 2.24) is 5.32 Å². The molecule has 0 bridgehead atoms. The molecule has 0 fully saturated rings. The van der Waals surface area contributed by atoms with Crippen molar-refractivity contribution >= 4 is 33.4 Å². The maximum Gasteiger partial charge on any atom is 0.264 e. The van der Waals surface area contributed by atoms with Crippen LogP contribution in [0.3, 0.4) is 0 Å². The lowest BCUT2D eigenvalue weighted by Crippen LogP contribution is -2.41. The minimum absolute atomic E-state index is 0.108. The van der Waals surface area contributed by atoms with Crippen molar-refractivity contribution in [1.29, 1.82) is 0 Å². The van der Waals surface area contributed by atoms with E-state index in [9.17, 15) is 13.2 Å². The fourth-order valence-corrected chi connectivity index (χ4v) is 5.65. The Bertz CT molecular complexity index is 1260. The Morgan fingerprint density at radius 3 is 2.19 bits per heavy atom. The molecular formula is C28H34N2O5S2. The summed E-state index contributed by atoms with van der Waals surface area (Å²) in [5.74, 6) is 0.844. The quantitative estimate of drug-likeness (QED) is 0.224. The topological polar surface area (TPSA) is 84.9 Å². The highest BCUT2D eigenvalue weighted by Gasteiger charge is 2.29. The molecule has 0 atom stereocenters. The number of amides is 1. The Balaban J connectivity index is 1.76. The summed E-state index contributed by atoms with van der Waals surface area (Å²) in [4.78, 5) is 14.0. The first kappa shape index (κ1) is 28.4. The van der Waals surface area contributed by atoms with Gasteiger partial charge in [-0.25, -0.2) is 8.42 Å². The number of carbonyl (C=O) groups excluding carboxylic acids is 1. The van der Waals surface area contributed by atoms with Gasteiger partial charge in [0, 0.05) is 11.4 Å². The van der Waals surface area contributed by atoms with Gasteiger partial charge in [0.1, 0.15) is 18.0 Å². The molecule has 0 heterocycles. The number of nitrogens with one attached hydrogen (secondary N) is 1. The van der Waals surface area contributed by atoms with Crippen LogP contribution in [0.5, 0.6) is 11.5 Å². The second kappa shape index (κ2) is 13.9. The number of benzene rings is 3. The van der Waals surface area contributed by atoms with Gasteiger partial charge in [0.25, 0.3) is 10.0 Å². The van der Waals surface area contributed by atoms with Crippen LogP contribution < -0.4 is 19.1 Å². The summed E-state index contributed by atoms with van der Waals surface area (Å²) >= 11 is 1.53. The van der Waals surface area contributed by atoms with Gasteiger partial charge in [0.15, 0.2) is 0 Å². The molecule has 3 aromatic rings. The van der Waals surface area contributed by atoms with E-state index in [1.54, 1.807) is 48.5 Å². The molecular weight excluding hydrogens is 508 g/mol. The molecule has 0 aliphatic carbocycles. The van der Waals surface area contributed by atoms with E-state index in [2.05, 4.69) is 5.32 Å². The van der Waals surface area contributed by atoms with Crippen molar-refractivity contribution < 1.29 is 22.7 Å². The number of ether oxygens (including phenoxy) is 2. The van der Waals surface area contributed by atoms with E-state index in [0.29, 0.717) is 37.6 Å². The summed E-state index contributed by atoms with van der Waals surface area (Å²) in [5.41, 5.74) is 1.39. The van der Waals surface area contributed by atoms with E-state index < -0.39 is 15.9 Å². The predicted molar refractivity (Wildman–Crippen MR) is 149 cm³/mol. The zero-order valence-corrected chi connectivity index (χ0v) is 23.1. The van der Waals surface area contributed by atoms with Crippen LogP contribution >= 0.6 is 11.8 Å². The molecule has 9 heteroatoms. The van der Waals surface area contributed by atoms with E-state index in [0.717, 1.165) is 26.9 Å². The second-order valence-corrected chi connectivity index (χ2v) is 10.8. The van der Waals surface area contributed by atoms with Crippen LogP contribution in [0.4, 0.5) is 5.69 Å². The summed E-state index contributed by atoms with van der Waals surface area (Å²) in [7, 11) is -4.03. The van der Waals surface area contributed by atoms with Crippen LogP contribution in [0.15, 0.2) is 82.6 Å². The zero-order chi connectivity index (χ0) is 26.7. The average molecular weight is 543 g/mol. The normalized spacial score (nSPS) is 11.1. The standard InChI is InChI=1S/C28H34N2O5S2/c1-4-34-26-14-8-6-11-22(26)12-10-20-29-28(31)21-30(25-13-7-9-15-27(25)35-5-2)37(32,33)24-18-16-23(36-3)17-19-24/h6-9,11,13-19H,4-5,10,12,20-21H2,1-3H3,(H,29,31). The van der Waals surface area contributed by atoms with Crippen LogP contribution in [-0.2, 0) is 21.2 Å². The maximum absolute atomic E-state index is 13.7. The number of hydrogen-bond donors (Lipinski definition) is 1. The van der Waals surface area contributed by atoms with Crippen LogP contribution in [0.25, 0.3) is 0 Å². The van der Waals surface area contributed by atoms with E-state index in [1.165, 1.54) is 11.8 Å². The molecule has 7 nitrogen and oxygen atoms in total. The first-order valence-corrected chi connectivity index (χ1v) is 14.9. The third-order valence-corrected chi connectivity index (χ3v) is 8.10. The highest BCUT2D eigenvalue weighted by atomic mass is 32.2. The fraction of sp³-hybridized carbons (Fsp3) is 0.321. The monoisotopic (exact) mass is 542 g/mol.